The standard InChI is InChI=1S/C13H21N2O3/c1-9(16)10-4-6-15(7-5-10)11(17)8-13(2,3)12(14)18/h8,10H,4-7H2,1-3H3,(H2,14,18). The van der Waals surface area contributed by atoms with E-state index in [4.69, 9.17) is 5.73 Å². The minimum Gasteiger partial charge on any atom is -0.369 e. The first kappa shape index (κ1) is 14.7. The number of hydrogen-bond donors (Lipinski definition) is 1. The average molecular weight is 253 g/mol. The summed E-state index contributed by atoms with van der Waals surface area (Å²) in [6.07, 6.45) is 2.77. The molecule has 0 atom stereocenters. The van der Waals surface area contributed by atoms with Gasteiger partial charge < -0.3 is 10.6 Å². The molecule has 1 rings (SSSR count). The lowest BCUT2D eigenvalue weighted by atomic mass is 9.87. The van der Waals surface area contributed by atoms with E-state index in [2.05, 4.69) is 0 Å². The fourth-order valence-corrected chi connectivity index (χ4v) is 1.98. The van der Waals surface area contributed by atoms with E-state index in [9.17, 15) is 14.4 Å². The summed E-state index contributed by atoms with van der Waals surface area (Å²) in [5, 5.41) is 0. The highest BCUT2D eigenvalue weighted by atomic mass is 16.2. The molecule has 2 N–H and O–H groups in total. The molecule has 0 saturated carbocycles. The van der Waals surface area contributed by atoms with Crippen LogP contribution in [0.15, 0.2) is 0 Å². The van der Waals surface area contributed by atoms with Crippen LogP contribution in [0.3, 0.4) is 0 Å². The Morgan fingerprint density at radius 3 is 2.11 bits per heavy atom. The fourth-order valence-electron chi connectivity index (χ4n) is 1.98. The molecule has 0 aromatic carbocycles. The van der Waals surface area contributed by atoms with Crippen molar-refractivity contribution in [3.63, 3.8) is 0 Å². The lowest BCUT2D eigenvalue weighted by Gasteiger charge is -2.32. The number of ketones is 1. The van der Waals surface area contributed by atoms with Crippen LogP contribution in [-0.2, 0) is 14.4 Å². The summed E-state index contributed by atoms with van der Waals surface area (Å²) < 4.78 is 0. The third-order valence-corrected chi connectivity index (χ3v) is 3.50. The van der Waals surface area contributed by atoms with Gasteiger partial charge in [0.2, 0.25) is 11.8 Å². The maximum absolute atomic E-state index is 12.0. The first-order chi connectivity index (χ1) is 8.24. The Kier molecular flexibility index (Phi) is 4.48. The summed E-state index contributed by atoms with van der Waals surface area (Å²) in [6.45, 7) is 5.96. The van der Waals surface area contributed by atoms with Gasteiger partial charge in [-0.3, -0.25) is 14.4 Å². The first-order valence-electron chi connectivity index (χ1n) is 6.19. The molecule has 1 aliphatic rings. The zero-order valence-corrected chi connectivity index (χ0v) is 11.2. The molecule has 1 heterocycles. The fraction of sp³-hybridized carbons (Fsp3) is 0.692. The molecule has 0 aliphatic carbocycles. The molecule has 18 heavy (non-hydrogen) atoms. The summed E-state index contributed by atoms with van der Waals surface area (Å²) >= 11 is 0. The van der Waals surface area contributed by atoms with Gasteiger partial charge in [-0.05, 0) is 19.8 Å². The summed E-state index contributed by atoms with van der Waals surface area (Å²) in [4.78, 5) is 36.0. The Hall–Kier alpha value is -1.39. The number of rotatable bonds is 4. The van der Waals surface area contributed by atoms with Crippen molar-refractivity contribution in [3.05, 3.63) is 6.42 Å². The van der Waals surface area contributed by atoms with Crippen LogP contribution in [0, 0.1) is 17.8 Å². The summed E-state index contributed by atoms with van der Waals surface area (Å²) in [5.74, 6) is -0.447. The maximum atomic E-state index is 12.0. The monoisotopic (exact) mass is 253 g/mol. The quantitative estimate of drug-likeness (QED) is 0.793. The van der Waals surface area contributed by atoms with E-state index in [0.29, 0.717) is 25.9 Å². The molecule has 0 aromatic rings. The van der Waals surface area contributed by atoms with Gasteiger partial charge in [-0.25, -0.2) is 0 Å². The molecule has 0 aromatic heterocycles. The number of Topliss-reactive ketones (excluding diaryl/α,β-unsaturated/α-hetero) is 1. The minimum atomic E-state index is -0.936. The second-order valence-corrected chi connectivity index (χ2v) is 5.44. The lowest BCUT2D eigenvalue weighted by Crippen LogP contribution is -2.44. The van der Waals surface area contributed by atoms with Gasteiger partial charge in [-0.1, -0.05) is 13.8 Å². The van der Waals surface area contributed by atoms with Gasteiger partial charge in [0.25, 0.3) is 0 Å². The Morgan fingerprint density at radius 2 is 1.72 bits per heavy atom. The minimum absolute atomic E-state index is 0.0678. The highest BCUT2D eigenvalue weighted by Crippen LogP contribution is 2.23. The van der Waals surface area contributed by atoms with Crippen LogP contribution in [0.25, 0.3) is 0 Å². The number of primary amides is 1. The number of likely N-dealkylation sites (tertiary alicyclic amines) is 1. The van der Waals surface area contributed by atoms with E-state index < -0.39 is 11.3 Å². The van der Waals surface area contributed by atoms with E-state index in [1.807, 2.05) is 0 Å². The van der Waals surface area contributed by atoms with Crippen molar-refractivity contribution in [2.24, 2.45) is 17.1 Å². The molecule has 1 saturated heterocycles. The molecule has 101 valence electrons. The third-order valence-electron chi connectivity index (χ3n) is 3.50. The number of nitrogens with two attached hydrogens (primary N) is 1. The molecule has 0 spiro atoms. The van der Waals surface area contributed by atoms with Crippen LogP contribution in [-0.4, -0.2) is 35.6 Å². The smallest absolute Gasteiger partial charge is 0.227 e. The van der Waals surface area contributed by atoms with E-state index in [1.54, 1.807) is 25.7 Å². The van der Waals surface area contributed by atoms with Gasteiger partial charge >= 0.3 is 0 Å². The van der Waals surface area contributed by atoms with Crippen LogP contribution in [0.1, 0.15) is 33.6 Å². The molecule has 2 amide bonds. The molecule has 0 unspecified atom stereocenters. The van der Waals surface area contributed by atoms with Crippen molar-refractivity contribution in [1.82, 2.24) is 4.90 Å². The van der Waals surface area contributed by atoms with Gasteiger partial charge in [-0.2, -0.15) is 0 Å². The number of carbonyl (C=O) groups is 3. The second-order valence-electron chi connectivity index (χ2n) is 5.44. The van der Waals surface area contributed by atoms with Gasteiger partial charge in [0.1, 0.15) is 5.78 Å². The molecule has 1 aliphatic heterocycles. The van der Waals surface area contributed by atoms with Crippen molar-refractivity contribution >= 4 is 17.6 Å². The largest absolute Gasteiger partial charge is 0.369 e. The van der Waals surface area contributed by atoms with Crippen LogP contribution < -0.4 is 5.73 Å². The van der Waals surface area contributed by atoms with Gasteiger partial charge in [-0.15, -0.1) is 0 Å². The van der Waals surface area contributed by atoms with Crippen molar-refractivity contribution in [3.8, 4) is 0 Å². The number of carbonyl (C=O) groups excluding carboxylic acids is 3. The predicted octanol–water partition coefficient (Wildman–Crippen LogP) is 0.530. The molecule has 0 bridgehead atoms. The van der Waals surface area contributed by atoms with Gasteiger partial charge in [0.05, 0.1) is 11.8 Å². The Balaban J connectivity index is 2.51. The highest BCUT2D eigenvalue weighted by molar-refractivity contribution is 5.94. The van der Waals surface area contributed by atoms with E-state index in [-0.39, 0.29) is 17.6 Å². The SMILES string of the molecule is CC(=O)C1CCN(C(=O)[CH]C(C)(C)C(N)=O)CC1. The molecular formula is C13H21N2O3. The second kappa shape index (κ2) is 5.50. The number of hydrogen-bond acceptors (Lipinski definition) is 3. The summed E-state index contributed by atoms with van der Waals surface area (Å²) in [6, 6.07) is 0. The van der Waals surface area contributed by atoms with Crippen molar-refractivity contribution in [2.45, 2.75) is 33.6 Å². The van der Waals surface area contributed by atoms with Crippen molar-refractivity contribution in [1.29, 1.82) is 0 Å². The Bertz CT molecular complexity index is 355. The van der Waals surface area contributed by atoms with Crippen LogP contribution in [0.4, 0.5) is 0 Å². The molecular weight excluding hydrogens is 232 g/mol. The number of piperidine rings is 1. The van der Waals surface area contributed by atoms with Crippen LogP contribution >= 0.6 is 0 Å². The average Bonchev–Trinajstić information content (AvgIpc) is 2.28. The lowest BCUT2D eigenvalue weighted by molar-refractivity contribution is -0.135. The summed E-state index contributed by atoms with van der Waals surface area (Å²) in [5.41, 5.74) is 4.29. The van der Waals surface area contributed by atoms with E-state index in [1.165, 1.54) is 6.42 Å². The molecule has 5 heteroatoms. The zero-order valence-electron chi connectivity index (χ0n) is 11.2. The number of amides is 2. The molecule has 1 radical (unpaired) electrons. The normalized spacial score (nSPS) is 17.6. The summed E-state index contributed by atoms with van der Waals surface area (Å²) in [7, 11) is 0. The third kappa shape index (κ3) is 3.55. The van der Waals surface area contributed by atoms with E-state index >= 15 is 0 Å². The van der Waals surface area contributed by atoms with Gasteiger partial charge in [0, 0.05) is 19.0 Å². The zero-order chi connectivity index (χ0) is 13.9. The van der Waals surface area contributed by atoms with Gasteiger partial charge in [0.15, 0.2) is 0 Å². The van der Waals surface area contributed by atoms with Crippen LogP contribution in [0.2, 0.25) is 0 Å². The topological polar surface area (TPSA) is 80.5 Å². The number of nitrogens with zero attached hydrogens (tertiary/aromatic N) is 1. The van der Waals surface area contributed by atoms with E-state index in [0.717, 1.165) is 0 Å². The predicted molar refractivity (Wildman–Crippen MR) is 67.3 cm³/mol. The highest BCUT2D eigenvalue weighted by Gasteiger charge is 2.32. The van der Waals surface area contributed by atoms with Crippen molar-refractivity contribution < 1.29 is 14.4 Å². The first-order valence-corrected chi connectivity index (χ1v) is 6.19. The van der Waals surface area contributed by atoms with Crippen LogP contribution in [0.5, 0.6) is 0 Å². The van der Waals surface area contributed by atoms with Crippen molar-refractivity contribution in [2.75, 3.05) is 13.1 Å². The molecule has 1 fully saturated rings. The molecule has 5 nitrogen and oxygen atoms in total. The maximum Gasteiger partial charge on any atom is 0.227 e. The Morgan fingerprint density at radius 1 is 1.22 bits per heavy atom. The Labute approximate surface area is 108 Å².